The maximum absolute atomic E-state index is 4.54. The molecule has 0 bridgehead atoms. The summed E-state index contributed by atoms with van der Waals surface area (Å²) in [6.45, 7) is 7.17. The summed E-state index contributed by atoms with van der Waals surface area (Å²) in [6.07, 6.45) is 10.2. The van der Waals surface area contributed by atoms with Crippen LogP contribution >= 0.6 is 0 Å². The molecule has 0 saturated heterocycles. The Bertz CT molecular complexity index is 743. The first-order valence-electron chi connectivity index (χ1n) is 9.08. The second-order valence-corrected chi connectivity index (χ2v) is 6.85. The van der Waals surface area contributed by atoms with Gasteiger partial charge in [-0.25, -0.2) is 0 Å². The molecule has 0 fully saturated rings. The Morgan fingerprint density at radius 1 is 1.08 bits per heavy atom. The molecule has 5 heteroatoms. The van der Waals surface area contributed by atoms with Crippen LogP contribution in [0.25, 0.3) is 0 Å². The predicted octanol–water partition coefficient (Wildman–Crippen LogP) is 4.84. The molecule has 0 atom stereocenters. The van der Waals surface area contributed by atoms with E-state index in [1.165, 1.54) is 42.4 Å². The van der Waals surface area contributed by atoms with Crippen molar-refractivity contribution in [3.05, 3.63) is 46.7 Å². The fraction of sp³-hybridized carbons (Fsp3) is 0.450. The number of allylic oxidation sites excluding steroid dienone is 1. The van der Waals surface area contributed by atoms with E-state index in [4.69, 9.17) is 0 Å². The second kappa shape index (κ2) is 8.10. The maximum atomic E-state index is 4.54. The SMILES string of the molecule is Cc1cc(C)c(Nc2cnnc(NCCC3=CCCCC3)n2)c(C)c1. The zero-order chi connectivity index (χ0) is 17.6. The minimum atomic E-state index is 0.573. The quantitative estimate of drug-likeness (QED) is 0.738. The van der Waals surface area contributed by atoms with E-state index >= 15 is 0 Å². The van der Waals surface area contributed by atoms with E-state index in [0.29, 0.717) is 11.8 Å². The standard InChI is InChI=1S/C20H27N5/c1-14-11-15(2)19(16(3)12-14)23-18-13-22-25-20(24-18)21-10-9-17-7-5-4-6-8-17/h7,11-13H,4-6,8-10H2,1-3H3,(H2,21,23,24,25). The Hall–Kier alpha value is -2.43. The van der Waals surface area contributed by atoms with Crippen molar-refractivity contribution in [3.8, 4) is 0 Å². The largest absolute Gasteiger partial charge is 0.353 e. The van der Waals surface area contributed by atoms with Gasteiger partial charge in [-0.15, -0.1) is 5.10 Å². The van der Waals surface area contributed by atoms with E-state index < -0.39 is 0 Å². The molecule has 0 spiro atoms. The average Bonchev–Trinajstić information content (AvgIpc) is 2.59. The number of nitrogens with one attached hydrogen (secondary N) is 2. The highest BCUT2D eigenvalue weighted by Gasteiger charge is 2.07. The molecule has 0 amide bonds. The first kappa shape index (κ1) is 17.4. The van der Waals surface area contributed by atoms with Gasteiger partial charge in [-0.1, -0.05) is 29.3 Å². The van der Waals surface area contributed by atoms with Gasteiger partial charge in [-0.3, -0.25) is 0 Å². The summed E-state index contributed by atoms with van der Waals surface area (Å²) < 4.78 is 0. The number of hydrogen-bond donors (Lipinski definition) is 2. The smallest absolute Gasteiger partial charge is 0.244 e. The summed E-state index contributed by atoms with van der Waals surface area (Å²) in [6, 6.07) is 4.34. The van der Waals surface area contributed by atoms with Gasteiger partial charge in [0.2, 0.25) is 5.95 Å². The van der Waals surface area contributed by atoms with Crippen LogP contribution in [0.15, 0.2) is 30.0 Å². The fourth-order valence-electron chi connectivity index (χ4n) is 3.41. The monoisotopic (exact) mass is 337 g/mol. The molecule has 1 heterocycles. The Balaban J connectivity index is 1.62. The minimum absolute atomic E-state index is 0.573. The molecule has 0 radical (unpaired) electrons. The van der Waals surface area contributed by atoms with Gasteiger partial charge in [0.15, 0.2) is 5.82 Å². The molecule has 1 aliphatic rings. The lowest BCUT2D eigenvalue weighted by atomic mass is 9.97. The lowest BCUT2D eigenvalue weighted by Crippen LogP contribution is -2.09. The summed E-state index contributed by atoms with van der Waals surface area (Å²) in [7, 11) is 0. The first-order chi connectivity index (χ1) is 12.1. The molecule has 1 aliphatic carbocycles. The highest BCUT2D eigenvalue weighted by atomic mass is 15.3. The average molecular weight is 337 g/mol. The number of aryl methyl sites for hydroxylation is 3. The van der Waals surface area contributed by atoms with Gasteiger partial charge in [0.25, 0.3) is 0 Å². The van der Waals surface area contributed by atoms with Crippen LogP contribution in [0.5, 0.6) is 0 Å². The minimum Gasteiger partial charge on any atom is -0.353 e. The number of benzene rings is 1. The lowest BCUT2D eigenvalue weighted by molar-refractivity contribution is 0.679. The molecule has 1 aromatic carbocycles. The zero-order valence-electron chi connectivity index (χ0n) is 15.4. The molecule has 5 nitrogen and oxygen atoms in total. The Kier molecular flexibility index (Phi) is 5.64. The van der Waals surface area contributed by atoms with Crippen molar-refractivity contribution >= 4 is 17.5 Å². The van der Waals surface area contributed by atoms with E-state index in [1.807, 2.05) is 0 Å². The third-order valence-corrected chi connectivity index (χ3v) is 4.60. The first-order valence-corrected chi connectivity index (χ1v) is 9.08. The van der Waals surface area contributed by atoms with E-state index in [-0.39, 0.29) is 0 Å². The fourth-order valence-corrected chi connectivity index (χ4v) is 3.41. The molecule has 0 aliphatic heterocycles. The maximum Gasteiger partial charge on any atom is 0.244 e. The molecule has 25 heavy (non-hydrogen) atoms. The second-order valence-electron chi connectivity index (χ2n) is 6.85. The topological polar surface area (TPSA) is 62.7 Å². The number of anilines is 3. The highest BCUT2D eigenvalue weighted by Crippen LogP contribution is 2.25. The number of hydrogen-bond acceptors (Lipinski definition) is 5. The van der Waals surface area contributed by atoms with Crippen LogP contribution in [-0.2, 0) is 0 Å². The van der Waals surface area contributed by atoms with E-state index in [9.17, 15) is 0 Å². The van der Waals surface area contributed by atoms with Crippen molar-refractivity contribution in [2.24, 2.45) is 0 Å². The Labute approximate surface area is 150 Å². The van der Waals surface area contributed by atoms with E-state index in [2.05, 4.69) is 64.8 Å². The van der Waals surface area contributed by atoms with Gasteiger partial charge in [0.1, 0.15) is 0 Å². The van der Waals surface area contributed by atoms with Crippen LogP contribution < -0.4 is 10.6 Å². The van der Waals surface area contributed by atoms with Crippen molar-refractivity contribution in [2.45, 2.75) is 52.9 Å². The van der Waals surface area contributed by atoms with Crippen LogP contribution in [0.4, 0.5) is 17.5 Å². The predicted molar refractivity (Wildman–Crippen MR) is 103 cm³/mol. The lowest BCUT2D eigenvalue weighted by Gasteiger charge is -2.14. The molecular weight excluding hydrogens is 310 g/mol. The van der Waals surface area contributed by atoms with Gasteiger partial charge < -0.3 is 10.6 Å². The molecular formula is C20H27N5. The van der Waals surface area contributed by atoms with Gasteiger partial charge >= 0.3 is 0 Å². The molecule has 0 saturated carbocycles. The number of aromatic nitrogens is 3. The molecule has 132 valence electrons. The zero-order valence-corrected chi connectivity index (χ0v) is 15.4. The molecule has 2 N–H and O–H groups in total. The Morgan fingerprint density at radius 3 is 2.60 bits per heavy atom. The van der Waals surface area contributed by atoms with Crippen LogP contribution in [0, 0.1) is 20.8 Å². The van der Waals surface area contributed by atoms with Gasteiger partial charge in [-0.05, 0) is 64.0 Å². The van der Waals surface area contributed by atoms with Gasteiger partial charge in [-0.2, -0.15) is 10.1 Å². The van der Waals surface area contributed by atoms with E-state index in [0.717, 1.165) is 18.7 Å². The summed E-state index contributed by atoms with van der Waals surface area (Å²) in [5.41, 5.74) is 6.31. The molecule has 1 aromatic heterocycles. The third-order valence-electron chi connectivity index (χ3n) is 4.60. The summed E-state index contributed by atoms with van der Waals surface area (Å²) in [5.74, 6) is 1.29. The van der Waals surface area contributed by atoms with Crippen LogP contribution in [0.3, 0.4) is 0 Å². The number of rotatable bonds is 6. The van der Waals surface area contributed by atoms with Gasteiger partial charge in [0.05, 0.1) is 6.20 Å². The van der Waals surface area contributed by atoms with Crippen molar-refractivity contribution in [3.63, 3.8) is 0 Å². The van der Waals surface area contributed by atoms with Gasteiger partial charge in [0, 0.05) is 12.2 Å². The summed E-state index contributed by atoms with van der Waals surface area (Å²) in [4.78, 5) is 4.54. The van der Waals surface area contributed by atoms with Crippen LogP contribution in [0.1, 0.15) is 48.8 Å². The molecule has 2 aromatic rings. The van der Waals surface area contributed by atoms with Crippen molar-refractivity contribution in [2.75, 3.05) is 17.2 Å². The van der Waals surface area contributed by atoms with Crippen molar-refractivity contribution in [1.82, 2.24) is 15.2 Å². The molecule has 0 unspecified atom stereocenters. The molecule has 3 rings (SSSR count). The normalized spacial score (nSPS) is 14.1. The summed E-state index contributed by atoms with van der Waals surface area (Å²) in [5, 5.41) is 14.8. The number of nitrogens with zero attached hydrogens (tertiary/aromatic N) is 3. The highest BCUT2D eigenvalue weighted by molar-refractivity contribution is 5.65. The summed E-state index contributed by atoms with van der Waals surface area (Å²) >= 11 is 0. The van der Waals surface area contributed by atoms with Crippen LogP contribution in [0.2, 0.25) is 0 Å². The van der Waals surface area contributed by atoms with E-state index in [1.54, 1.807) is 11.8 Å². The Morgan fingerprint density at radius 2 is 1.88 bits per heavy atom. The van der Waals surface area contributed by atoms with Crippen molar-refractivity contribution in [1.29, 1.82) is 0 Å². The van der Waals surface area contributed by atoms with Crippen molar-refractivity contribution < 1.29 is 0 Å². The van der Waals surface area contributed by atoms with Crippen LogP contribution in [-0.4, -0.2) is 21.7 Å². The third kappa shape index (κ3) is 4.78.